The standard InChI is InChI=1S/C13H10N2O3/c1-15-10-5-3-2-4-8(10)6-11(15)9-7-18-12(14-9)13(16)17/h2-7H,1H3,(H,16,17). The molecule has 0 aliphatic heterocycles. The average Bonchev–Trinajstić information content (AvgIpc) is 2.95. The van der Waals surface area contributed by atoms with Crippen molar-refractivity contribution in [3.63, 3.8) is 0 Å². The lowest BCUT2D eigenvalue weighted by atomic mass is 10.2. The van der Waals surface area contributed by atoms with Gasteiger partial charge >= 0.3 is 11.9 Å². The van der Waals surface area contributed by atoms with Crippen LogP contribution in [0.15, 0.2) is 41.0 Å². The number of carboxylic acid groups (broad SMARTS) is 1. The molecule has 0 spiro atoms. The van der Waals surface area contributed by atoms with E-state index in [9.17, 15) is 4.79 Å². The summed E-state index contributed by atoms with van der Waals surface area (Å²) in [5.74, 6) is -1.46. The van der Waals surface area contributed by atoms with Gasteiger partial charge in [0.05, 0.1) is 5.69 Å². The predicted octanol–water partition coefficient (Wildman–Crippen LogP) is 2.53. The number of oxazole rings is 1. The Kier molecular flexibility index (Phi) is 2.19. The summed E-state index contributed by atoms with van der Waals surface area (Å²) in [5.41, 5.74) is 2.41. The van der Waals surface area contributed by atoms with Gasteiger partial charge in [-0.2, -0.15) is 0 Å². The van der Waals surface area contributed by atoms with Crippen LogP contribution in [0.1, 0.15) is 10.7 Å². The van der Waals surface area contributed by atoms with Crippen molar-refractivity contribution in [2.45, 2.75) is 0 Å². The topological polar surface area (TPSA) is 68.3 Å². The average molecular weight is 242 g/mol. The van der Waals surface area contributed by atoms with Crippen molar-refractivity contribution in [3.05, 3.63) is 42.5 Å². The number of carboxylic acids is 1. The number of fused-ring (bicyclic) bond motifs is 1. The first-order valence-corrected chi connectivity index (χ1v) is 5.40. The van der Waals surface area contributed by atoms with Gasteiger partial charge in [0.1, 0.15) is 12.0 Å². The molecule has 3 rings (SSSR count). The third-order valence-electron chi connectivity index (χ3n) is 2.90. The molecule has 0 aliphatic rings. The first-order valence-electron chi connectivity index (χ1n) is 5.40. The van der Waals surface area contributed by atoms with E-state index in [4.69, 9.17) is 9.52 Å². The molecule has 0 bridgehead atoms. The van der Waals surface area contributed by atoms with Gasteiger partial charge in [0.25, 0.3) is 0 Å². The van der Waals surface area contributed by atoms with E-state index in [1.165, 1.54) is 6.26 Å². The molecule has 0 atom stereocenters. The summed E-state index contributed by atoms with van der Waals surface area (Å²) in [6.45, 7) is 0. The summed E-state index contributed by atoms with van der Waals surface area (Å²) in [4.78, 5) is 14.7. The number of hydrogen-bond donors (Lipinski definition) is 1. The number of carbonyl (C=O) groups is 1. The smallest absolute Gasteiger partial charge is 0.392 e. The highest BCUT2D eigenvalue weighted by atomic mass is 16.4. The van der Waals surface area contributed by atoms with Crippen LogP contribution in [0.4, 0.5) is 0 Å². The first-order chi connectivity index (χ1) is 8.66. The molecule has 18 heavy (non-hydrogen) atoms. The number of aryl methyl sites for hydroxylation is 1. The molecule has 0 saturated heterocycles. The van der Waals surface area contributed by atoms with Crippen molar-refractivity contribution in [3.8, 4) is 11.4 Å². The van der Waals surface area contributed by atoms with Crippen LogP contribution in [-0.2, 0) is 7.05 Å². The zero-order valence-corrected chi connectivity index (χ0v) is 9.62. The Morgan fingerprint density at radius 2 is 2.17 bits per heavy atom. The van der Waals surface area contributed by atoms with Gasteiger partial charge in [-0.3, -0.25) is 0 Å². The molecule has 90 valence electrons. The van der Waals surface area contributed by atoms with Crippen molar-refractivity contribution < 1.29 is 14.3 Å². The Balaban J connectivity index is 2.18. The van der Waals surface area contributed by atoms with Crippen molar-refractivity contribution in [2.24, 2.45) is 7.05 Å². The largest absolute Gasteiger partial charge is 0.474 e. The highest BCUT2D eigenvalue weighted by Crippen LogP contribution is 2.26. The minimum atomic E-state index is -1.17. The van der Waals surface area contributed by atoms with Crippen molar-refractivity contribution >= 4 is 16.9 Å². The van der Waals surface area contributed by atoms with Gasteiger partial charge in [0.15, 0.2) is 0 Å². The quantitative estimate of drug-likeness (QED) is 0.749. The van der Waals surface area contributed by atoms with Crippen LogP contribution in [0.3, 0.4) is 0 Å². The predicted molar refractivity (Wildman–Crippen MR) is 65.4 cm³/mol. The fourth-order valence-corrected chi connectivity index (χ4v) is 2.02. The fourth-order valence-electron chi connectivity index (χ4n) is 2.02. The van der Waals surface area contributed by atoms with Gasteiger partial charge < -0.3 is 14.1 Å². The van der Waals surface area contributed by atoms with E-state index in [1.807, 2.05) is 41.9 Å². The lowest BCUT2D eigenvalue weighted by Crippen LogP contribution is -1.96. The summed E-state index contributed by atoms with van der Waals surface area (Å²) in [6.07, 6.45) is 1.36. The highest BCUT2D eigenvalue weighted by Gasteiger charge is 2.15. The van der Waals surface area contributed by atoms with Crippen LogP contribution < -0.4 is 0 Å². The van der Waals surface area contributed by atoms with Gasteiger partial charge in [-0.15, -0.1) is 0 Å². The molecule has 1 aromatic carbocycles. The third-order valence-corrected chi connectivity index (χ3v) is 2.90. The number of para-hydroxylation sites is 1. The van der Waals surface area contributed by atoms with E-state index in [-0.39, 0.29) is 5.89 Å². The van der Waals surface area contributed by atoms with Crippen LogP contribution in [0.25, 0.3) is 22.3 Å². The SMILES string of the molecule is Cn1c(-c2coc(C(=O)O)n2)cc2ccccc21. The number of rotatable bonds is 2. The van der Waals surface area contributed by atoms with Gasteiger partial charge in [0, 0.05) is 18.0 Å². The van der Waals surface area contributed by atoms with E-state index < -0.39 is 5.97 Å². The summed E-state index contributed by atoms with van der Waals surface area (Å²) in [5, 5.41) is 9.87. The summed E-state index contributed by atoms with van der Waals surface area (Å²) >= 11 is 0. The van der Waals surface area contributed by atoms with Gasteiger partial charge in [0.2, 0.25) is 0 Å². The Hall–Kier alpha value is -2.56. The van der Waals surface area contributed by atoms with Crippen molar-refractivity contribution in [1.29, 1.82) is 0 Å². The first kappa shape index (κ1) is 10.6. The van der Waals surface area contributed by atoms with Crippen LogP contribution in [0.2, 0.25) is 0 Å². The molecule has 3 aromatic rings. The van der Waals surface area contributed by atoms with Gasteiger partial charge in [-0.25, -0.2) is 9.78 Å². The Morgan fingerprint density at radius 3 is 2.83 bits per heavy atom. The van der Waals surface area contributed by atoms with Crippen LogP contribution >= 0.6 is 0 Å². The lowest BCUT2D eigenvalue weighted by molar-refractivity contribution is 0.0653. The zero-order chi connectivity index (χ0) is 12.7. The normalized spacial score (nSPS) is 10.9. The second-order valence-corrected chi connectivity index (χ2v) is 3.99. The van der Waals surface area contributed by atoms with E-state index in [2.05, 4.69) is 4.98 Å². The number of aromatic nitrogens is 2. The molecule has 0 unspecified atom stereocenters. The molecule has 1 N–H and O–H groups in total. The maximum Gasteiger partial charge on any atom is 0.392 e. The molecule has 2 heterocycles. The van der Waals surface area contributed by atoms with Gasteiger partial charge in [-0.05, 0) is 12.1 Å². The molecule has 0 radical (unpaired) electrons. The highest BCUT2D eigenvalue weighted by molar-refractivity contribution is 5.87. The van der Waals surface area contributed by atoms with Crippen molar-refractivity contribution in [2.75, 3.05) is 0 Å². The molecular weight excluding hydrogens is 232 g/mol. The number of nitrogens with zero attached hydrogens (tertiary/aromatic N) is 2. The molecule has 0 fully saturated rings. The van der Waals surface area contributed by atoms with Crippen molar-refractivity contribution in [1.82, 2.24) is 9.55 Å². The van der Waals surface area contributed by atoms with Crippen LogP contribution in [0.5, 0.6) is 0 Å². The molecule has 0 saturated carbocycles. The maximum absolute atomic E-state index is 10.7. The summed E-state index contributed by atoms with van der Waals surface area (Å²) in [6, 6.07) is 9.86. The summed E-state index contributed by atoms with van der Waals surface area (Å²) in [7, 11) is 1.91. The third kappa shape index (κ3) is 1.48. The van der Waals surface area contributed by atoms with Gasteiger partial charge in [-0.1, -0.05) is 18.2 Å². The van der Waals surface area contributed by atoms with E-state index in [1.54, 1.807) is 0 Å². The molecule has 5 nitrogen and oxygen atoms in total. The Labute approximate surface area is 102 Å². The maximum atomic E-state index is 10.7. The second-order valence-electron chi connectivity index (χ2n) is 3.99. The monoisotopic (exact) mass is 242 g/mol. The Morgan fingerprint density at radius 1 is 1.39 bits per heavy atom. The van der Waals surface area contributed by atoms with E-state index in [0.717, 1.165) is 16.6 Å². The lowest BCUT2D eigenvalue weighted by Gasteiger charge is -1.99. The molecular formula is C13H10N2O3. The van der Waals surface area contributed by atoms with E-state index >= 15 is 0 Å². The zero-order valence-electron chi connectivity index (χ0n) is 9.62. The van der Waals surface area contributed by atoms with E-state index in [0.29, 0.717) is 5.69 Å². The van der Waals surface area contributed by atoms with Crippen LogP contribution in [0, 0.1) is 0 Å². The van der Waals surface area contributed by atoms with Crippen LogP contribution in [-0.4, -0.2) is 20.6 Å². The minimum Gasteiger partial charge on any atom is -0.474 e. The fraction of sp³-hybridized carbons (Fsp3) is 0.0769. The number of hydrogen-bond acceptors (Lipinski definition) is 3. The molecule has 0 aliphatic carbocycles. The number of benzene rings is 1. The molecule has 5 heteroatoms. The molecule has 0 amide bonds. The second kappa shape index (κ2) is 3.73. The Bertz CT molecular complexity index is 740. The molecule has 2 aromatic heterocycles. The number of aromatic carboxylic acids is 1. The minimum absolute atomic E-state index is 0.296. The summed E-state index contributed by atoms with van der Waals surface area (Å²) < 4.78 is 6.86.